The number of thiophene rings is 2. The Labute approximate surface area is 191 Å². The van der Waals surface area contributed by atoms with Crippen LogP contribution in [0.5, 0.6) is 0 Å². The van der Waals surface area contributed by atoms with Gasteiger partial charge < -0.3 is 0 Å². The van der Waals surface area contributed by atoms with Crippen LogP contribution in [0.3, 0.4) is 0 Å². The first kappa shape index (κ1) is 19.9. The van der Waals surface area contributed by atoms with E-state index in [1.807, 2.05) is 0 Å². The molecule has 2 heterocycles. The Hall–Kier alpha value is -1.70. The van der Waals surface area contributed by atoms with Gasteiger partial charge >= 0.3 is 0 Å². The van der Waals surface area contributed by atoms with Crippen molar-refractivity contribution in [2.45, 2.75) is 19.8 Å². The molecule has 0 spiro atoms. The van der Waals surface area contributed by atoms with Crippen molar-refractivity contribution in [3.8, 4) is 22.3 Å². The third kappa shape index (κ3) is 2.82. The fourth-order valence-electron chi connectivity index (χ4n) is 4.66. The zero-order valence-corrected chi connectivity index (χ0v) is 20.6. The smallest absolute Gasteiger partial charge is 0.162 e. The van der Waals surface area contributed by atoms with Gasteiger partial charge in [0.1, 0.15) is 0 Å². The largest absolute Gasteiger partial charge is 0.203 e. The number of aryl methyl sites for hydroxylation is 1. The molecule has 2 aromatic heterocycles. The van der Waals surface area contributed by atoms with E-state index in [0.29, 0.717) is 24.0 Å². The molecule has 1 aliphatic rings. The standard InChI is InChI=1S/C25H18F2P2S2/c1-11-22(26)23(27)16(25(29)24(11)28)3-2-12-10-17-19(31-12)7-5-15-20-13-8-9-30-18(13)6-4-14(20)21(15)17/h4-10H,2-3,28-29H2,1H3. The normalized spacial score (nSPS) is 12.3. The fraction of sp³-hybridized carbons (Fsp3) is 0.120. The topological polar surface area (TPSA) is 0 Å². The lowest BCUT2D eigenvalue weighted by atomic mass is 9.77. The molecule has 0 saturated carbocycles. The summed E-state index contributed by atoms with van der Waals surface area (Å²) < 4.78 is 31.4. The van der Waals surface area contributed by atoms with Crippen LogP contribution in [0.1, 0.15) is 16.0 Å². The molecule has 0 N–H and O–H groups in total. The lowest BCUT2D eigenvalue weighted by Gasteiger charge is -2.25. The maximum atomic E-state index is 14.6. The Bertz CT molecular complexity index is 1520. The highest BCUT2D eigenvalue weighted by atomic mass is 32.1. The molecule has 6 rings (SSSR count). The van der Waals surface area contributed by atoms with Crippen LogP contribution in [0.15, 0.2) is 41.8 Å². The SMILES string of the molecule is Cc1c(F)c(F)c(CCc2cc3c4c(ccc3s2)-c2c-4ccc3sccc23)c(P)c1P. The van der Waals surface area contributed by atoms with Gasteiger partial charge in [0, 0.05) is 25.0 Å². The van der Waals surface area contributed by atoms with Gasteiger partial charge in [-0.1, -0.05) is 12.1 Å². The predicted molar refractivity (Wildman–Crippen MR) is 139 cm³/mol. The molecule has 0 saturated heterocycles. The Balaban J connectivity index is 1.37. The third-order valence-electron chi connectivity index (χ3n) is 6.35. The quantitative estimate of drug-likeness (QED) is 0.235. The van der Waals surface area contributed by atoms with Gasteiger partial charge in [0.2, 0.25) is 0 Å². The van der Waals surface area contributed by atoms with E-state index in [0.717, 1.165) is 10.6 Å². The van der Waals surface area contributed by atoms with Crippen LogP contribution in [-0.2, 0) is 12.8 Å². The summed E-state index contributed by atoms with van der Waals surface area (Å²) in [6, 6.07) is 13.3. The van der Waals surface area contributed by atoms with Gasteiger partial charge in [-0.3, -0.25) is 0 Å². The van der Waals surface area contributed by atoms with Crippen molar-refractivity contribution < 1.29 is 8.78 Å². The predicted octanol–water partition coefficient (Wildman–Crippen LogP) is 7.14. The number of benzene rings is 3. The lowest BCUT2D eigenvalue weighted by Crippen LogP contribution is -2.24. The molecule has 0 aliphatic heterocycles. The van der Waals surface area contributed by atoms with Gasteiger partial charge in [-0.05, 0) is 93.4 Å². The van der Waals surface area contributed by atoms with E-state index in [2.05, 4.69) is 60.3 Å². The van der Waals surface area contributed by atoms with Crippen molar-refractivity contribution >= 4 is 71.9 Å². The number of fused-ring (bicyclic) bond motifs is 8. The van der Waals surface area contributed by atoms with Crippen molar-refractivity contribution in [1.29, 1.82) is 0 Å². The number of hydrogen-bond acceptors (Lipinski definition) is 2. The van der Waals surface area contributed by atoms with E-state index in [-0.39, 0.29) is 0 Å². The molecule has 0 fully saturated rings. The van der Waals surface area contributed by atoms with E-state index >= 15 is 0 Å². The summed E-state index contributed by atoms with van der Waals surface area (Å²) in [7, 11) is 5.12. The van der Waals surface area contributed by atoms with E-state index < -0.39 is 11.6 Å². The maximum Gasteiger partial charge on any atom is 0.162 e. The first-order chi connectivity index (χ1) is 15.0. The minimum atomic E-state index is -0.736. The molecular formula is C25H18F2P2S2. The van der Waals surface area contributed by atoms with E-state index in [1.165, 1.54) is 47.3 Å². The second-order valence-electron chi connectivity index (χ2n) is 7.99. The van der Waals surface area contributed by atoms with Crippen molar-refractivity contribution in [2.75, 3.05) is 0 Å². The van der Waals surface area contributed by atoms with Crippen LogP contribution in [0.2, 0.25) is 0 Å². The molecule has 6 heteroatoms. The summed E-state index contributed by atoms with van der Waals surface area (Å²) in [6.07, 6.45) is 1.17. The molecule has 154 valence electrons. The highest BCUT2D eigenvalue weighted by Crippen LogP contribution is 2.55. The Kier molecular flexibility index (Phi) is 4.60. The van der Waals surface area contributed by atoms with Crippen LogP contribution in [0.4, 0.5) is 8.78 Å². The van der Waals surface area contributed by atoms with Gasteiger partial charge in [0.05, 0.1) is 0 Å². The van der Waals surface area contributed by atoms with Crippen molar-refractivity contribution in [2.24, 2.45) is 0 Å². The van der Waals surface area contributed by atoms with Crippen molar-refractivity contribution in [1.82, 2.24) is 0 Å². The van der Waals surface area contributed by atoms with Gasteiger partial charge in [0.25, 0.3) is 0 Å². The molecule has 0 radical (unpaired) electrons. The summed E-state index contributed by atoms with van der Waals surface area (Å²) in [5, 5.41) is 6.24. The molecule has 2 atom stereocenters. The molecule has 1 aliphatic carbocycles. The number of rotatable bonds is 3. The monoisotopic (exact) mass is 482 g/mol. The van der Waals surface area contributed by atoms with Gasteiger partial charge in [-0.25, -0.2) is 8.78 Å². The first-order valence-electron chi connectivity index (χ1n) is 10.0. The summed E-state index contributed by atoms with van der Waals surface area (Å²) in [6.45, 7) is 1.61. The molecule has 0 amide bonds. The zero-order chi connectivity index (χ0) is 21.4. The second kappa shape index (κ2) is 7.15. The van der Waals surface area contributed by atoms with Crippen LogP contribution in [-0.4, -0.2) is 0 Å². The van der Waals surface area contributed by atoms with Gasteiger partial charge in [-0.2, -0.15) is 0 Å². The Morgan fingerprint density at radius 2 is 1.52 bits per heavy atom. The minimum absolute atomic E-state index is 0.357. The van der Waals surface area contributed by atoms with Crippen LogP contribution >= 0.6 is 41.2 Å². The molecule has 31 heavy (non-hydrogen) atoms. The number of halogens is 2. The molecular weight excluding hydrogens is 464 g/mol. The summed E-state index contributed by atoms with van der Waals surface area (Å²) in [5.41, 5.74) is 6.14. The third-order valence-corrected chi connectivity index (χ3v) is 10.1. The van der Waals surface area contributed by atoms with Crippen LogP contribution in [0, 0.1) is 18.6 Å². The Morgan fingerprint density at radius 1 is 0.806 bits per heavy atom. The molecule has 0 bridgehead atoms. The summed E-state index contributed by atoms with van der Waals surface area (Å²) >= 11 is 3.53. The van der Waals surface area contributed by atoms with Crippen LogP contribution in [0.25, 0.3) is 42.4 Å². The molecule has 0 nitrogen and oxygen atoms in total. The highest BCUT2D eigenvalue weighted by Gasteiger charge is 2.27. The van der Waals surface area contributed by atoms with E-state index in [9.17, 15) is 8.78 Å². The average Bonchev–Trinajstić information content (AvgIpc) is 3.38. The maximum absolute atomic E-state index is 14.6. The number of hydrogen-bond donors (Lipinski definition) is 0. The lowest BCUT2D eigenvalue weighted by molar-refractivity contribution is 0.496. The highest BCUT2D eigenvalue weighted by molar-refractivity contribution is 7.36. The average molecular weight is 482 g/mol. The summed E-state index contributed by atoms with van der Waals surface area (Å²) in [5.74, 6) is -1.45. The first-order valence-corrected chi connectivity index (χ1v) is 12.9. The second-order valence-corrected chi connectivity index (χ2v) is 11.3. The molecule has 3 aromatic carbocycles. The van der Waals surface area contributed by atoms with Crippen LogP contribution < -0.4 is 10.6 Å². The fourth-order valence-corrected chi connectivity index (χ4v) is 7.31. The van der Waals surface area contributed by atoms with E-state index in [1.54, 1.807) is 29.6 Å². The van der Waals surface area contributed by atoms with E-state index in [4.69, 9.17) is 0 Å². The van der Waals surface area contributed by atoms with Gasteiger partial charge in [-0.15, -0.1) is 41.2 Å². The van der Waals surface area contributed by atoms with Crippen molar-refractivity contribution in [3.63, 3.8) is 0 Å². The minimum Gasteiger partial charge on any atom is -0.203 e. The summed E-state index contributed by atoms with van der Waals surface area (Å²) in [4.78, 5) is 1.20. The Morgan fingerprint density at radius 3 is 2.29 bits per heavy atom. The van der Waals surface area contributed by atoms with Gasteiger partial charge in [0.15, 0.2) is 11.6 Å². The van der Waals surface area contributed by atoms with Crippen molar-refractivity contribution in [3.05, 3.63) is 69.4 Å². The molecule has 5 aromatic rings. The molecule has 2 unspecified atom stereocenters. The zero-order valence-electron chi connectivity index (χ0n) is 16.7.